The van der Waals surface area contributed by atoms with E-state index in [2.05, 4.69) is 20.2 Å². The van der Waals surface area contributed by atoms with Gasteiger partial charge in [-0.25, -0.2) is 31.1 Å². The molecule has 3 aliphatic rings. The molecule has 70 heavy (non-hydrogen) atoms. The van der Waals surface area contributed by atoms with E-state index in [9.17, 15) is 31.1 Å². The Labute approximate surface area is 413 Å². The fourth-order valence-corrected chi connectivity index (χ4v) is 10.2. The summed E-state index contributed by atoms with van der Waals surface area (Å²) in [4.78, 5) is 22.1. The van der Waals surface area contributed by atoms with E-state index in [0.29, 0.717) is 72.6 Å². The third-order valence-electron chi connectivity index (χ3n) is 13.0. The molecule has 0 radical (unpaired) electrons. The molecule has 1 aliphatic carbocycles. The average molecular weight is 1010 g/mol. The lowest BCUT2D eigenvalue weighted by atomic mass is 9.87. The number of rotatable bonds is 12. The van der Waals surface area contributed by atoms with Gasteiger partial charge in [-0.2, -0.15) is 0 Å². The largest absolute Gasteiger partial charge is 0.488 e. The Morgan fingerprint density at radius 3 is 1.93 bits per heavy atom. The van der Waals surface area contributed by atoms with Crippen LogP contribution < -0.4 is 21.5 Å². The normalized spacial score (nSPS) is 16.6. The first kappa shape index (κ1) is 52.1. The van der Waals surface area contributed by atoms with Gasteiger partial charge >= 0.3 is 6.03 Å². The van der Waals surface area contributed by atoms with E-state index in [1.807, 2.05) is 51.4 Å². The number of aromatic nitrogens is 4. The lowest BCUT2D eigenvalue weighted by Gasteiger charge is -2.34. The van der Waals surface area contributed by atoms with Crippen LogP contribution in [0.4, 0.5) is 31.1 Å². The maximum Gasteiger partial charge on any atom is 0.317 e. The Bertz CT molecular complexity index is 2760. The van der Waals surface area contributed by atoms with Crippen LogP contribution >= 0.6 is 24.4 Å². The van der Waals surface area contributed by atoms with E-state index in [1.165, 1.54) is 36.4 Å². The van der Waals surface area contributed by atoms with E-state index >= 15 is 0 Å². The molecule has 19 heteroatoms. The smallest absolute Gasteiger partial charge is 0.317 e. The van der Waals surface area contributed by atoms with Gasteiger partial charge in [0.05, 0.1) is 11.7 Å². The number of benzene rings is 4. The summed E-state index contributed by atoms with van der Waals surface area (Å²) in [5.74, 6) is -2.51. The summed E-state index contributed by atoms with van der Waals surface area (Å²) in [6, 6.07) is 17.7. The number of nitrogens with one attached hydrogen (secondary N) is 3. The molecule has 1 fully saturated rings. The zero-order chi connectivity index (χ0) is 49.9. The molecular weight excluding hydrogens is 949 g/mol. The first-order valence-electron chi connectivity index (χ1n) is 23.6. The monoisotopic (exact) mass is 1010 g/mol. The highest BCUT2D eigenvalue weighted by molar-refractivity contribution is 7.71. The number of ether oxygens (including phenoxy) is 1. The van der Waals surface area contributed by atoms with Crippen molar-refractivity contribution in [1.29, 1.82) is 0 Å². The predicted molar refractivity (Wildman–Crippen MR) is 263 cm³/mol. The number of H-pyrrole nitrogens is 2. The van der Waals surface area contributed by atoms with Crippen molar-refractivity contribution in [3.8, 4) is 5.75 Å². The number of carbonyl (C=O) groups is 1. The number of nitrogens with two attached hydrogens (primary N) is 2. The van der Waals surface area contributed by atoms with Gasteiger partial charge < -0.3 is 45.5 Å². The Hall–Kier alpha value is -5.73. The second kappa shape index (κ2) is 24.4. The number of halogens is 6. The van der Waals surface area contributed by atoms with Gasteiger partial charge in [0.15, 0.2) is 21.1 Å². The molecule has 7 N–H and O–H groups in total. The molecule has 2 aliphatic heterocycles. The molecule has 0 bridgehead atoms. The predicted octanol–water partition coefficient (Wildman–Crippen LogP) is 9.74. The van der Waals surface area contributed by atoms with Crippen molar-refractivity contribution < 1.29 is 35.9 Å². The number of hydrogen-bond donors (Lipinski definition) is 5. The van der Waals surface area contributed by atoms with Gasteiger partial charge in [0.1, 0.15) is 35.7 Å². The van der Waals surface area contributed by atoms with Gasteiger partial charge in [0, 0.05) is 99.9 Å². The number of hydrogen-bond acceptors (Lipinski definition) is 7. The first-order valence-corrected chi connectivity index (χ1v) is 24.4. The summed E-state index contributed by atoms with van der Waals surface area (Å²) in [5, 5.41) is 2.85. The number of aromatic amines is 2. The molecule has 2 atom stereocenters. The minimum Gasteiger partial charge on any atom is -0.488 e. The molecule has 6 aromatic rings. The summed E-state index contributed by atoms with van der Waals surface area (Å²) in [5.41, 5.74) is 17.1. The summed E-state index contributed by atoms with van der Waals surface area (Å²) < 4.78 is 91.4. The first-order chi connectivity index (χ1) is 33.8. The SMILES string of the molecule is CCNC(=O)N1CCN(CCCC(c2ccc(F)cc2)c2ccc(F)cc2)CC1.NCCc1c[nH]c(=S)n1[C@H]1COc2c(F)cc(F)cc2C1.NCc1c[nH]c(=S)n1[C@H]1CCc2c(F)cc(F)cc2C1. The van der Waals surface area contributed by atoms with Crippen molar-refractivity contribution in [2.45, 2.75) is 76.4 Å². The molecular formula is C51H59F6N9O2S2. The molecule has 2 amide bonds. The van der Waals surface area contributed by atoms with Crippen molar-refractivity contribution in [2.75, 3.05) is 52.4 Å². The number of amides is 2. The topological polar surface area (TPSA) is 138 Å². The van der Waals surface area contributed by atoms with Gasteiger partial charge in [-0.3, -0.25) is 4.90 Å². The number of imidazole rings is 2. The van der Waals surface area contributed by atoms with Gasteiger partial charge in [-0.15, -0.1) is 0 Å². The average Bonchev–Trinajstić information content (AvgIpc) is 3.91. The Morgan fingerprint density at radius 2 is 1.33 bits per heavy atom. The van der Waals surface area contributed by atoms with E-state index < -0.39 is 23.3 Å². The van der Waals surface area contributed by atoms with Crippen molar-refractivity contribution in [1.82, 2.24) is 34.2 Å². The van der Waals surface area contributed by atoms with Crippen LogP contribution in [-0.2, 0) is 32.2 Å². The summed E-state index contributed by atoms with van der Waals surface area (Å²) in [6.45, 7) is 7.91. The van der Waals surface area contributed by atoms with Gasteiger partial charge in [-0.1, -0.05) is 24.3 Å². The molecule has 1 saturated heterocycles. The quantitative estimate of drug-likeness (QED) is 0.0608. The molecule has 0 saturated carbocycles. The summed E-state index contributed by atoms with van der Waals surface area (Å²) in [7, 11) is 0. The Balaban J connectivity index is 0.000000158. The second-order valence-corrected chi connectivity index (χ2v) is 18.4. The van der Waals surface area contributed by atoms with Gasteiger partial charge in [0.25, 0.3) is 0 Å². The highest BCUT2D eigenvalue weighted by Gasteiger charge is 2.28. The Morgan fingerprint density at radius 1 is 0.757 bits per heavy atom. The standard InChI is InChI=1S/C23H29F2N3O.C14H15F2N3OS.C14H15F2N3S/c1-2-26-23(29)28-16-14-27(15-17-28)13-3-4-22(18-5-9-20(24)10-6-18)19-7-11-21(25)12-8-19;15-9-3-8-4-11(7-20-13(8)12(16)5-9)19-10(1-2-17)6-18-14(19)21;15-9-3-8-4-10(1-2-12(8)13(16)5-9)19-11(6-17)7-18-14(19)20/h5-12,22H,2-4,13-17H2,1H3,(H,26,29);3,5-6,11H,1-2,4,7,17H2,(H,18,21);3,5,7,10H,1-2,4,6,17H2,(H,18,20)/t;11-;10-/m.10/s1. The van der Waals surface area contributed by atoms with Crippen LogP contribution in [-0.4, -0.2) is 87.4 Å². The highest BCUT2D eigenvalue weighted by Crippen LogP contribution is 2.35. The van der Waals surface area contributed by atoms with Crippen LogP contribution in [0.3, 0.4) is 0 Å². The van der Waals surface area contributed by atoms with Crippen LogP contribution in [0.5, 0.6) is 5.75 Å². The van der Waals surface area contributed by atoms with Crippen LogP contribution in [0, 0.1) is 44.4 Å². The summed E-state index contributed by atoms with van der Waals surface area (Å²) in [6.07, 6.45) is 8.55. The molecule has 11 nitrogen and oxygen atoms in total. The minimum atomic E-state index is -0.664. The second-order valence-electron chi connectivity index (χ2n) is 17.6. The van der Waals surface area contributed by atoms with E-state index in [-0.39, 0.29) is 41.4 Å². The molecule has 0 unspecified atom stereocenters. The number of urea groups is 1. The summed E-state index contributed by atoms with van der Waals surface area (Å²) >= 11 is 10.6. The molecule has 4 heterocycles. The Kier molecular flexibility index (Phi) is 18.2. The number of carbonyl (C=O) groups excluding carboxylic acids is 1. The zero-order valence-corrected chi connectivity index (χ0v) is 40.6. The highest BCUT2D eigenvalue weighted by atomic mass is 32.1. The minimum absolute atomic E-state index is 0.0137. The van der Waals surface area contributed by atoms with Crippen LogP contribution in [0.25, 0.3) is 0 Å². The van der Waals surface area contributed by atoms with Crippen LogP contribution in [0.2, 0.25) is 0 Å². The third kappa shape index (κ3) is 13.0. The van der Waals surface area contributed by atoms with E-state index in [1.54, 1.807) is 6.20 Å². The fraction of sp³-hybridized carbons (Fsp3) is 0.392. The molecule has 9 rings (SSSR count). The fourth-order valence-electron chi connectivity index (χ4n) is 9.59. The third-order valence-corrected chi connectivity index (χ3v) is 13.6. The van der Waals surface area contributed by atoms with E-state index in [0.717, 1.165) is 92.2 Å². The maximum absolute atomic E-state index is 13.7. The molecule has 2 aromatic heterocycles. The van der Waals surface area contributed by atoms with Crippen molar-refractivity contribution in [3.63, 3.8) is 0 Å². The molecule has 4 aromatic carbocycles. The molecule has 0 spiro atoms. The maximum atomic E-state index is 13.7. The zero-order valence-electron chi connectivity index (χ0n) is 39.0. The molecule has 374 valence electrons. The van der Waals surface area contributed by atoms with Crippen molar-refractivity contribution in [2.24, 2.45) is 11.5 Å². The lowest BCUT2D eigenvalue weighted by molar-refractivity contribution is 0.138. The van der Waals surface area contributed by atoms with Gasteiger partial charge in [-0.05, 0) is 135 Å². The van der Waals surface area contributed by atoms with E-state index in [4.69, 9.17) is 40.6 Å². The van der Waals surface area contributed by atoms with Crippen LogP contribution in [0.1, 0.15) is 83.4 Å². The van der Waals surface area contributed by atoms with Crippen molar-refractivity contribution in [3.05, 3.63) is 169 Å². The lowest BCUT2D eigenvalue weighted by Crippen LogP contribution is -2.51. The van der Waals surface area contributed by atoms with Crippen molar-refractivity contribution >= 4 is 30.5 Å². The number of fused-ring (bicyclic) bond motifs is 2. The number of nitrogens with zero attached hydrogens (tertiary/aromatic N) is 4. The number of piperazine rings is 1. The van der Waals surface area contributed by atoms with Gasteiger partial charge in [0.2, 0.25) is 0 Å². The van der Waals surface area contributed by atoms with Crippen LogP contribution in [0.15, 0.2) is 85.2 Å².